The topological polar surface area (TPSA) is 58.4 Å². The highest BCUT2D eigenvalue weighted by atomic mass is 16.2. The van der Waals surface area contributed by atoms with Gasteiger partial charge in [-0.25, -0.2) is 0 Å². The summed E-state index contributed by atoms with van der Waals surface area (Å²) in [6, 6.07) is 12.5. The van der Waals surface area contributed by atoms with E-state index in [4.69, 9.17) is 0 Å². The third-order valence-corrected chi connectivity index (χ3v) is 8.11. The molecule has 176 valence electrons. The van der Waals surface area contributed by atoms with Crippen LogP contribution in [0.15, 0.2) is 42.6 Å². The Morgan fingerprint density at radius 2 is 1.94 bits per heavy atom. The van der Waals surface area contributed by atoms with Crippen molar-refractivity contribution in [3.05, 3.63) is 53.9 Å². The minimum atomic E-state index is -0.565. The number of rotatable bonds is 5. The van der Waals surface area contributed by atoms with Gasteiger partial charge in [-0.2, -0.15) is 5.10 Å². The van der Waals surface area contributed by atoms with E-state index in [1.165, 1.54) is 0 Å². The number of amides is 2. The van der Waals surface area contributed by atoms with Gasteiger partial charge in [0.2, 0.25) is 11.8 Å². The molecule has 2 saturated heterocycles. The van der Waals surface area contributed by atoms with E-state index in [0.29, 0.717) is 25.6 Å². The van der Waals surface area contributed by atoms with Crippen molar-refractivity contribution < 1.29 is 9.59 Å². The molecule has 33 heavy (non-hydrogen) atoms. The molecule has 2 amide bonds. The molecule has 0 bridgehead atoms. The molecule has 5 rings (SSSR count). The summed E-state index contributed by atoms with van der Waals surface area (Å²) in [4.78, 5) is 31.6. The number of piperidine rings is 1. The van der Waals surface area contributed by atoms with E-state index < -0.39 is 5.41 Å². The molecule has 1 aliphatic carbocycles. The number of aromatic nitrogens is 2. The molecule has 2 aromatic rings. The summed E-state index contributed by atoms with van der Waals surface area (Å²) in [6.45, 7) is 9.03. The molecule has 3 heterocycles. The Morgan fingerprint density at radius 1 is 1.18 bits per heavy atom. The summed E-state index contributed by atoms with van der Waals surface area (Å²) in [5, 5.41) is 4.58. The SMILES string of the molecule is CC1CC(C(=O)N2CC(c3ccnn3C(C)C)C3(CCCN(Cc4ccccc4)C3=O)C2)C1. The van der Waals surface area contributed by atoms with Gasteiger partial charge in [0, 0.05) is 55.9 Å². The number of nitrogens with zero attached hydrogens (tertiary/aromatic N) is 4. The van der Waals surface area contributed by atoms with E-state index in [2.05, 4.69) is 48.8 Å². The minimum Gasteiger partial charge on any atom is -0.341 e. The lowest BCUT2D eigenvalue weighted by Gasteiger charge is -2.42. The van der Waals surface area contributed by atoms with Crippen LogP contribution < -0.4 is 0 Å². The van der Waals surface area contributed by atoms with Crippen LogP contribution in [0, 0.1) is 17.3 Å². The highest BCUT2D eigenvalue weighted by Crippen LogP contribution is 2.51. The first kappa shape index (κ1) is 22.2. The van der Waals surface area contributed by atoms with E-state index in [9.17, 15) is 9.59 Å². The van der Waals surface area contributed by atoms with Crippen molar-refractivity contribution in [1.29, 1.82) is 0 Å². The molecule has 3 aliphatic rings. The normalized spacial score (nSPS) is 29.7. The average Bonchev–Trinajstić information content (AvgIpc) is 3.41. The molecular weight excluding hydrogens is 412 g/mol. The minimum absolute atomic E-state index is 0.0186. The maximum Gasteiger partial charge on any atom is 0.231 e. The number of benzene rings is 1. The van der Waals surface area contributed by atoms with E-state index in [1.807, 2.05) is 34.2 Å². The fourth-order valence-electron chi connectivity index (χ4n) is 6.38. The Morgan fingerprint density at radius 3 is 2.64 bits per heavy atom. The van der Waals surface area contributed by atoms with Gasteiger partial charge in [0.15, 0.2) is 0 Å². The largest absolute Gasteiger partial charge is 0.341 e. The number of carbonyl (C=O) groups is 2. The molecule has 2 aliphatic heterocycles. The van der Waals surface area contributed by atoms with Gasteiger partial charge < -0.3 is 9.80 Å². The highest BCUT2D eigenvalue weighted by molar-refractivity contribution is 5.88. The second kappa shape index (κ2) is 8.62. The van der Waals surface area contributed by atoms with Gasteiger partial charge >= 0.3 is 0 Å². The van der Waals surface area contributed by atoms with E-state index in [0.717, 1.165) is 43.5 Å². The number of carbonyl (C=O) groups excluding carboxylic acids is 2. The first-order chi connectivity index (χ1) is 15.9. The standard InChI is InChI=1S/C27H36N4O2/c1-19(2)31-24(10-12-28-31)23-17-30(25(32)22-14-20(3)15-22)18-27(23)11-7-13-29(26(27)33)16-21-8-5-4-6-9-21/h4-6,8-10,12,19-20,22-23H,7,11,13-18H2,1-3H3. The Labute approximate surface area is 196 Å². The maximum atomic E-state index is 14.2. The van der Waals surface area contributed by atoms with Crippen molar-refractivity contribution in [1.82, 2.24) is 19.6 Å². The Kier molecular flexibility index (Phi) is 5.79. The second-order valence-corrected chi connectivity index (χ2v) is 10.8. The lowest BCUT2D eigenvalue weighted by Crippen LogP contribution is -2.52. The molecule has 1 spiro atoms. The lowest BCUT2D eigenvalue weighted by molar-refractivity contribution is -0.148. The van der Waals surface area contributed by atoms with Crippen molar-refractivity contribution >= 4 is 11.8 Å². The third-order valence-electron chi connectivity index (χ3n) is 8.11. The first-order valence-electron chi connectivity index (χ1n) is 12.5. The van der Waals surface area contributed by atoms with Crippen molar-refractivity contribution in [2.24, 2.45) is 17.3 Å². The molecule has 1 saturated carbocycles. The number of hydrogen-bond acceptors (Lipinski definition) is 3. The second-order valence-electron chi connectivity index (χ2n) is 10.8. The van der Waals surface area contributed by atoms with Gasteiger partial charge in [0.25, 0.3) is 0 Å². The van der Waals surface area contributed by atoms with Crippen LogP contribution in [-0.2, 0) is 16.1 Å². The summed E-state index contributed by atoms with van der Waals surface area (Å²) in [5.41, 5.74) is 1.68. The predicted octanol–water partition coefficient (Wildman–Crippen LogP) is 4.24. The Bertz CT molecular complexity index is 1010. The highest BCUT2D eigenvalue weighted by Gasteiger charge is 2.57. The summed E-state index contributed by atoms with van der Waals surface area (Å²) >= 11 is 0. The predicted molar refractivity (Wildman–Crippen MR) is 127 cm³/mol. The molecule has 6 heteroatoms. The van der Waals surface area contributed by atoms with Crippen LogP contribution >= 0.6 is 0 Å². The van der Waals surface area contributed by atoms with Crippen LogP contribution in [0.5, 0.6) is 0 Å². The summed E-state index contributed by atoms with van der Waals surface area (Å²) in [7, 11) is 0. The molecule has 0 N–H and O–H groups in total. The zero-order chi connectivity index (χ0) is 23.2. The monoisotopic (exact) mass is 448 g/mol. The summed E-state index contributed by atoms with van der Waals surface area (Å²) in [6.07, 6.45) is 5.59. The lowest BCUT2D eigenvalue weighted by atomic mass is 9.70. The van der Waals surface area contributed by atoms with Gasteiger partial charge in [-0.1, -0.05) is 37.3 Å². The smallest absolute Gasteiger partial charge is 0.231 e. The third kappa shape index (κ3) is 3.87. The van der Waals surface area contributed by atoms with Crippen molar-refractivity contribution in [3.8, 4) is 0 Å². The van der Waals surface area contributed by atoms with Crippen LogP contribution in [0.1, 0.15) is 69.7 Å². The molecular formula is C27H36N4O2. The van der Waals surface area contributed by atoms with Crippen LogP contribution in [0.2, 0.25) is 0 Å². The van der Waals surface area contributed by atoms with E-state index >= 15 is 0 Å². The fraction of sp³-hybridized carbons (Fsp3) is 0.593. The molecule has 1 aromatic carbocycles. The molecule has 2 unspecified atom stereocenters. The van der Waals surface area contributed by atoms with Gasteiger partial charge in [0.05, 0.1) is 5.41 Å². The first-order valence-corrected chi connectivity index (χ1v) is 12.5. The zero-order valence-corrected chi connectivity index (χ0v) is 20.1. The fourth-order valence-corrected chi connectivity index (χ4v) is 6.38. The van der Waals surface area contributed by atoms with Gasteiger partial charge in [-0.05, 0) is 57.1 Å². The Balaban J connectivity index is 1.48. The van der Waals surface area contributed by atoms with Crippen molar-refractivity contribution in [3.63, 3.8) is 0 Å². The zero-order valence-electron chi connectivity index (χ0n) is 20.1. The Hall–Kier alpha value is -2.63. The van der Waals surface area contributed by atoms with Crippen LogP contribution in [-0.4, -0.2) is 51.0 Å². The van der Waals surface area contributed by atoms with E-state index in [1.54, 1.807) is 0 Å². The number of likely N-dealkylation sites (tertiary alicyclic amines) is 2. The van der Waals surface area contributed by atoms with Crippen molar-refractivity contribution in [2.45, 2.75) is 65.0 Å². The summed E-state index contributed by atoms with van der Waals surface area (Å²) < 4.78 is 2.05. The quantitative estimate of drug-likeness (QED) is 0.687. The molecule has 6 nitrogen and oxygen atoms in total. The molecule has 2 atom stereocenters. The molecule has 3 fully saturated rings. The van der Waals surface area contributed by atoms with Crippen molar-refractivity contribution in [2.75, 3.05) is 19.6 Å². The molecule has 1 aromatic heterocycles. The average molecular weight is 449 g/mol. The maximum absolute atomic E-state index is 14.2. The van der Waals surface area contributed by atoms with Crippen LogP contribution in [0.3, 0.4) is 0 Å². The van der Waals surface area contributed by atoms with Crippen LogP contribution in [0.25, 0.3) is 0 Å². The van der Waals surface area contributed by atoms with Gasteiger partial charge in [0.1, 0.15) is 0 Å². The van der Waals surface area contributed by atoms with Gasteiger partial charge in [-0.3, -0.25) is 14.3 Å². The van der Waals surface area contributed by atoms with Crippen LogP contribution in [0.4, 0.5) is 0 Å². The summed E-state index contributed by atoms with van der Waals surface area (Å²) in [5.74, 6) is 1.20. The van der Waals surface area contributed by atoms with Gasteiger partial charge in [-0.15, -0.1) is 0 Å². The number of hydrogen-bond donors (Lipinski definition) is 0. The molecule has 0 radical (unpaired) electrons. The van der Waals surface area contributed by atoms with E-state index in [-0.39, 0.29) is 29.7 Å².